The molecule has 0 aliphatic heterocycles. The van der Waals surface area contributed by atoms with Gasteiger partial charge in [-0.25, -0.2) is 0 Å². The molecule has 5 nitrogen and oxygen atoms in total. The van der Waals surface area contributed by atoms with Crippen molar-refractivity contribution in [3.63, 3.8) is 0 Å². The van der Waals surface area contributed by atoms with Crippen LogP contribution in [-0.2, 0) is 4.79 Å². The number of hydrogen-bond donors (Lipinski definition) is 3. The number of aliphatic hydroxyl groups is 1. The van der Waals surface area contributed by atoms with Gasteiger partial charge in [0.1, 0.15) is 6.04 Å². The highest BCUT2D eigenvalue weighted by molar-refractivity contribution is 5.98. The van der Waals surface area contributed by atoms with Crippen molar-refractivity contribution in [1.29, 1.82) is 0 Å². The Morgan fingerprint density at radius 3 is 2.33 bits per heavy atom. The Balaban J connectivity index is 1.99. The highest BCUT2D eigenvalue weighted by Gasteiger charge is 2.28. The van der Waals surface area contributed by atoms with Gasteiger partial charge in [-0.15, -0.1) is 0 Å². The maximum atomic E-state index is 12.6. The molecular weight excluding hydrogens is 304 g/mol. The van der Waals surface area contributed by atoms with Crippen LogP contribution in [0.3, 0.4) is 0 Å². The van der Waals surface area contributed by atoms with Crippen molar-refractivity contribution >= 4 is 11.8 Å². The molecule has 24 heavy (non-hydrogen) atoms. The quantitative estimate of drug-likeness (QED) is 0.773. The molecule has 1 aromatic carbocycles. The van der Waals surface area contributed by atoms with Gasteiger partial charge in [-0.3, -0.25) is 9.59 Å². The molecule has 0 saturated heterocycles. The Bertz CT molecular complexity index is 578. The molecule has 1 unspecified atom stereocenters. The standard InChI is InChI=1S/C19H28N2O3/c1-12(2)17(19(24)20-14-8-10-15(22)11-9-14)21-18(23)16-7-5-4-6-13(16)3/h4-7,12,14-15,17,22H,8-11H2,1-3H3,(H,20,24)(H,21,23). The van der Waals surface area contributed by atoms with Gasteiger partial charge < -0.3 is 15.7 Å². The zero-order valence-electron chi connectivity index (χ0n) is 14.7. The van der Waals surface area contributed by atoms with Crippen LogP contribution in [-0.4, -0.2) is 35.1 Å². The predicted molar refractivity (Wildman–Crippen MR) is 93.7 cm³/mol. The zero-order chi connectivity index (χ0) is 17.7. The lowest BCUT2D eigenvalue weighted by Crippen LogP contribution is -2.52. The Labute approximate surface area is 143 Å². The van der Waals surface area contributed by atoms with Crippen molar-refractivity contribution in [2.75, 3.05) is 0 Å². The molecule has 0 radical (unpaired) electrons. The summed E-state index contributed by atoms with van der Waals surface area (Å²) in [6.07, 6.45) is 2.74. The summed E-state index contributed by atoms with van der Waals surface area (Å²) in [5, 5.41) is 15.5. The second-order valence-electron chi connectivity index (χ2n) is 7.02. The van der Waals surface area contributed by atoms with E-state index in [1.807, 2.05) is 39.0 Å². The number of nitrogens with one attached hydrogen (secondary N) is 2. The molecular formula is C19H28N2O3. The van der Waals surface area contributed by atoms with E-state index in [9.17, 15) is 14.7 Å². The lowest BCUT2D eigenvalue weighted by atomic mass is 9.92. The van der Waals surface area contributed by atoms with Crippen molar-refractivity contribution in [3.8, 4) is 0 Å². The Hall–Kier alpha value is -1.88. The minimum Gasteiger partial charge on any atom is -0.393 e. The van der Waals surface area contributed by atoms with Crippen LogP contribution in [0.5, 0.6) is 0 Å². The van der Waals surface area contributed by atoms with Crippen molar-refractivity contribution in [2.24, 2.45) is 5.92 Å². The third-order valence-corrected chi connectivity index (χ3v) is 4.67. The first-order chi connectivity index (χ1) is 11.4. The third-order valence-electron chi connectivity index (χ3n) is 4.67. The Morgan fingerprint density at radius 1 is 1.12 bits per heavy atom. The Kier molecular flexibility index (Phi) is 6.37. The molecule has 0 bridgehead atoms. The van der Waals surface area contributed by atoms with E-state index in [0.29, 0.717) is 18.4 Å². The van der Waals surface area contributed by atoms with Crippen LogP contribution in [0, 0.1) is 12.8 Å². The van der Waals surface area contributed by atoms with E-state index < -0.39 is 6.04 Å². The normalized spacial score (nSPS) is 22.0. The SMILES string of the molecule is Cc1ccccc1C(=O)NC(C(=O)NC1CCC(O)CC1)C(C)C. The Morgan fingerprint density at radius 2 is 1.75 bits per heavy atom. The van der Waals surface area contributed by atoms with Crippen LogP contribution < -0.4 is 10.6 Å². The van der Waals surface area contributed by atoms with E-state index in [-0.39, 0.29) is 29.9 Å². The third kappa shape index (κ3) is 4.81. The molecule has 0 aromatic heterocycles. The maximum Gasteiger partial charge on any atom is 0.252 e. The van der Waals surface area contributed by atoms with Gasteiger partial charge in [0, 0.05) is 11.6 Å². The lowest BCUT2D eigenvalue weighted by Gasteiger charge is -2.29. The predicted octanol–water partition coefficient (Wildman–Crippen LogP) is 2.17. The van der Waals surface area contributed by atoms with Gasteiger partial charge in [0.2, 0.25) is 5.91 Å². The summed E-state index contributed by atoms with van der Waals surface area (Å²) in [6.45, 7) is 5.73. The molecule has 1 fully saturated rings. The molecule has 0 heterocycles. The first-order valence-corrected chi connectivity index (χ1v) is 8.73. The fourth-order valence-corrected chi connectivity index (χ4v) is 3.09. The first kappa shape index (κ1) is 18.5. The maximum absolute atomic E-state index is 12.6. The smallest absolute Gasteiger partial charge is 0.252 e. The molecule has 3 N–H and O–H groups in total. The van der Waals surface area contributed by atoms with Gasteiger partial charge in [-0.1, -0.05) is 32.0 Å². The lowest BCUT2D eigenvalue weighted by molar-refractivity contribution is -0.125. The van der Waals surface area contributed by atoms with Gasteiger partial charge in [0.15, 0.2) is 0 Å². The highest BCUT2D eigenvalue weighted by atomic mass is 16.3. The van der Waals surface area contributed by atoms with Crippen LogP contribution in [0.1, 0.15) is 55.5 Å². The largest absolute Gasteiger partial charge is 0.393 e. The van der Waals surface area contributed by atoms with E-state index >= 15 is 0 Å². The van der Waals surface area contributed by atoms with Crippen molar-refractivity contribution < 1.29 is 14.7 Å². The van der Waals surface area contributed by atoms with Gasteiger partial charge in [-0.05, 0) is 50.2 Å². The summed E-state index contributed by atoms with van der Waals surface area (Å²) in [6, 6.07) is 6.87. The zero-order valence-corrected chi connectivity index (χ0v) is 14.7. The summed E-state index contributed by atoms with van der Waals surface area (Å²) in [5.41, 5.74) is 1.48. The van der Waals surface area contributed by atoms with Crippen LogP contribution in [0.2, 0.25) is 0 Å². The summed E-state index contributed by atoms with van der Waals surface area (Å²) in [7, 11) is 0. The van der Waals surface area contributed by atoms with Crippen molar-refractivity contribution in [2.45, 2.75) is 64.6 Å². The van der Waals surface area contributed by atoms with Crippen molar-refractivity contribution in [1.82, 2.24) is 10.6 Å². The molecule has 132 valence electrons. The van der Waals surface area contributed by atoms with Crippen molar-refractivity contribution in [3.05, 3.63) is 35.4 Å². The van der Waals surface area contributed by atoms with Crippen LogP contribution in [0.4, 0.5) is 0 Å². The molecule has 1 aliphatic rings. The summed E-state index contributed by atoms with van der Waals surface area (Å²) in [5.74, 6) is -0.374. The fourth-order valence-electron chi connectivity index (χ4n) is 3.09. The number of aryl methyl sites for hydroxylation is 1. The number of hydrogen-bond acceptors (Lipinski definition) is 3. The van der Waals surface area contributed by atoms with Gasteiger partial charge >= 0.3 is 0 Å². The molecule has 1 aromatic rings. The molecule has 5 heteroatoms. The van der Waals surface area contributed by atoms with Crippen LogP contribution in [0.25, 0.3) is 0 Å². The fraction of sp³-hybridized carbons (Fsp3) is 0.579. The molecule has 2 amide bonds. The highest BCUT2D eigenvalue weighted by Crippen LogP contribution is 2.19. The summed E-state index contributed by atoms with van der Waals surface area (Å²) in [4.78, 5) is 25.1. The second-order valence-corrected chi connectivity index (χ2v) is 7.02. The first-order valence-electron chi connectivity index (χ1n) is 8.73. The summed E-state index contributed by atoms with van der Waals surface area (Å²) >= 11 is 0. The van der Waals surface area contributed by atoms with Gasteiger partial charge in [0.25, 0.3) is 5.91 Å². The minimum atomic E-state index is -0.566. The monoisotopic (exact) mass is 332 g/mol. The molecule has 1 aliphatic carbocycles. The van der Waals surface area contributed by atoms with E-state index in [1.165, 1.54) is 0 Å². The molecule has 1 atom stereocenters. The molecule has 1 saturated carbocycles. The molecule has 0 spiro atoms. The van der Waals surface area contributed by atoms with E-state index in [0.717, 1.165) is 18.4 Å². The topological polar surface area (TPSA) is 78.4 Å². The number of carbonyl (C=O) groups excluding carboxylic acids is 2. The summed E-state index contributed by atoms with van der Waals surface area (Å²) < 4.78 is 0. The number of rotatable bonds is 5. The second kappa shape index (κ2) is 8.29. The van der Waals surface area contributed by atoms with Gasteiger partial charge in [0.05, 0.1) is 6.10 Å². The number of benzene rings is 1. The number of amides is 2. The molecule has 2 rings (SSSR count). The van der Waals surface area contributed by atoms with Crippen LogP contribution in [0.15, 0.2) is 24.3 Å². The average Bonchev–Trinajstić information content (AvgIpc) is 2.54. The van der Waals surface area contributed by atoms with E-state index in [2.05, 4.69) is 10.6 Å². The number of carbonyl (C=O) groups is 2. The average molecular weight is 332 g/mol. The van der Waals surface area contributed by atoms with E-state index in [4.69, 9.17) is 0 Å². The number of aliphatic hydroxyl groups excluding tert-OH is 1. The van der Waals surface area contributed by atoms with E-state index in [1.54, 1.807) is 6.07 Å². The van der Waals surface area contributed by atoms with Crippen LogP contribution >= 0.6 is 0 Å². The minimum absolute atomic E-state index is 0.00727. The van der Waals surface area contributed by atoms with Gasteiger partial charge in [-0.2, -0.15) is 0 Å².